The van der Waals surface area contributed by atoms with Crippen LogP contribution in [0, 0.1) is 0 Å². The van der Waals surface area contributed by atoms with Crippen molar-refractivity contribution in [3.8, 4) is 0 Å². The summed E-state index contributed by atoms with van der Waals surface area (Å²) in [4.78, 5) is 14.6. The fourth-order valence-electron chi connectivity index (χ4n) is 2.16. The molecule has 1 aromatic carbocycles. The smallest absolute Gasteiger partial charge is 0.251 e. The molecule has 0 atom stereocenters. The molecule has 7 heteroatoms. The lowest BCUT2D eigenvalue weighted by Gasteiger charge is -2.17. The third kappa shape index (κ3) is 5.60. The summed E-state index contributed by atoms with van der Waals surface area (Å²) in [6, 6.07) is 6.11. The normalized spacial score (nSPS) is 11.9. The second kappa shape index (κ2) is 9.00. The number of carbonyl (C=O) groups is 1. The van der Waals surface area contributed by atoms with Gasteiger partial charge in [0.2, 0.25) is 10.0 Å². The van der Waals surface area contributed by atoms with Crippen molar-refractivity contribution in [2.45, 2.75) is 25.2 Å². The Hall–Kier alpha value is -1.44. The molecule has 6 nitrogen and oxygen atoms in total. The highest BCUT2D eigenvalue weighted by molar-refractivity contribution is 7.89. The highest BCUT2D eigenvalue weighted by Crippen LogP contribution is 2.14. The molecule has 0 aliphatic carbocycles. The first-order chi connectivity index (χ1) is 10.8. The van der Waals surface area contributed by atoms with Crippen LogP contribution in [-0.2, 0) is 10.0 Å². The minimum absolute atomic E-state index is 0.123. The Balaban J connectivity index is 2.64. The summed E-state index contributed by atoms with van der Waals surface area (Å²) in [5, 5.41) is 2.84. The van der Waals surface area contributed by atoms with Gasteiger partial charge >= 0.3 is 0 Å². The van der Waals surface area contributed by atoms with Crippen LogP contribution in [0.1, 0.15) is 30.6 Å². The van der Waals surface area contributed by atoms with E-state index in [-0.39, 0.29) is 10.8 Å². The Labute approximate surface area is 139 Å². The second-order valence-electron chi connectivity index (χ2n) is 5.45. The molecule has 1 rings (SSSR count). The monoisotopic (exact) mass is 341 g/mol. The van der Waals surface area contributed by atoms with Crippen LogP contribution in [0.4, 0.5) is 0 Å². The van der Waals surface area contributed by atoms with Gasteiger partial charge in [0.1, 0.15) is 0 Å². The molecule has 1 aromatic rings. The lowest BCUT2D eigenvalue weighted by atomic mass is 10.2. The van der Waals surface area contributed by atoms with Crippen molar-refractivity contribution in [2.75, 3.05) is 40.3 Å². The lowest BCUT2D eigenvalue weighted by Crippen LogP contribution is -2.30. The molecule has 0 heterocycles. The van der Waals surface area contributed by atoms with Gasteiger partial charge in [0.15, 0.2) is 0 Å². The maximum Gasteiger partial charge on any atom is 0.251 e. The molecule has 1 amide bonds. The quantitative estimate of drug-likeness (QED) is 0.689. The molecule has 0 aliphatic rings. The van der Waals surface area contributed by atoms with E-state index in [1.54, 1.807) is 12.1 Å². The molecule has 0 aromatic heterocycles. The predicted molar refractivity (Wildman–Crippen MR) is 92.1 cm³/mol. The van der Waals surface area contributed by atoms with E-state index >= 15 is 0 Å². The zero-order chi connectivity index (χ0) is 17.5. The number of nitrogens with zero attached hydrogens (tertiary/aromatic N) is 2. The molecule has 0 saturated heterocycles. The van der Waals surface area contributed by atoms with Crippen LogP contribution in [-0.4, -0.2) is 63.8 Å². The molecule has 0 spiro atoms. The van der Waals surface area contributed by atoms with Gasteiger partial charge in [0.25, 0.3) is 5.91 Å². The highest BCUT2D eigenvalue weighted by Gasteiger charge is 2.18. The van der Waals surface area contributed by atoms with Gasteiger partial charge in [0, 0.05) is 26.2 Å². The van der Waals surface area contributed by atoms with Crippen LogP contribution in [0.25, 0.3) is 0 Å². The Bertz CT molecular complexity index is 611. The zero-order valence-corrected chi connectivity index (χ0v) is 15.2. The summed E-state index contributed by atoms with van der Waals surface area (Å²) in [6.07, 6.45) is 0.864. The summed E-state index contributed by atoms with van der Waals surface area (Å²) in [5.41, 5.74) is 0.357. The minimum Gasteiger partial charge on any atom is -0.352 e. The number of hydrogen-bond acceptors (Lipinski definition) is 4. The van der Waals surface area contributed by atoms with Crippen LogP contribution in [0.5, 0.6) is 0 Å². The van der Waals surface area contributed by atoms with Crippen molar-refractivity contribution in [1.82, 2.24) is 14.5 Å². The first-order valence-electron chi connectivity index (χ1n) is 7.86. The standard InChI is InChI=1S/C16H27N3O3S/c1-5-19(6-2)12-8-11-17-16(20)14-9-7-10-15(13-14)23(21,22)18(3)4/h7,9-10,13H,5-6,8,11-12H2,1-4H3,(H,17,20). The van der Waals surface area contributed by atoms with Gasteiger partial charge in [-0.05, 0) is 44.3 Å². The van der Waals surface area contributed by atoms with E-state index in [9.17, 15) is 13.2 Å². The van der Waals surface area contributed by atoms with Gasteiger partial charge in [-0.2, -0.15) is 0 Å². The summed E-state index contributed by atoms with van der Waals surface area (Å²) >= 11 is 0. The number of sulfonamides is 1. The van der Waals surface area contributed by atoms with Crippen molar-refractivity contribution in [1.29, 1.82) is 0 Å². The van der Waals surface area contributed by atoms with E-state index in [2.05, 4.69) is 24.1 Å². The number of carbonyl (C=O) groups excluding carboxylic acids is 1. The molecule has 0 saturated carbocycles. The number of amides is 1. The molecule has 0 bridgehead atoms. The molecular weight excluding hydrogens is 314 g/mol. The molecule has 0 unspecified atom stereocenters. The summed E-state index contributed by atoms with van der Waals surface area (Å²) < 4.78 is 25.3. The highest BCUT2D eigenvalue weighted by atomic mass is 32.2. The predicted octanol–water partition coefficient (Wildman–Crippen LogP) is 1.40. The fraction of sp³-hybridized carbons (Fsp3) is 0.562. The lowest BCUT2D eigenvalue weighted by molar-refractivity contribution is 0.0951. The zero-order valence-electron chi connectivity index (χ0n) is 14.4. The van der Waals surface area contributed by atoms with Crippen molar-refractivity contribution >= 4 is 15.9 Å². The third-order valence-corrected chi connectivity index (χ3v) is 5.52. The van der Waals surface area contributed by atoms with E-state index in [1.165, 1.54) is 26.2 Å². The van der Waals surface area contributed by atoms with Gasteiger partial charge in [-0.3, -0.25) is 4.79 Å². The molecule has 1 N–H and O–H groups in total. The molecule has 0 aliphatic heterocycles. The van der Waals surface area contributed by atoms with E-state index in [0.717, 1.165) is 30.4 Å². The first kappa shape index (κ1) is 19.6. The molecule has 0 fully saturated rings. The summed E-state index contributed by atoms with van der Waals surface area (Å²) in [6.45, 7) is 7.71. The number of hydrogen-bond donors (Lipinski definition) is 1. The van der Waals surface area contributed by atoms with Gasteiger partial charge < -0.3 is 10.2 Å². The minimum atomic E-state index is -3.53. The Morgan fingerprint density at radius 2 is 1.83 bits per heavy atom. The topological polar surface area (TPSA) is 69.7 Å². The Kier molecular flexibility index (Phi) is 7.67. The van der Waals surface area contributed by atoms with E-state index < -0.39 is 10.0 Å². The van der Waals surface area contributed by atoms with Gasteiger partial charge in [-0.1, -0.05) is 19.9 Å². The van der Waals surface area contributed by atoms with E-state index in [0.29, 0.717) is 12.1 Å². The SMILES string of the molecule is CCN(CC)CCCNC(=O)c1cccc(S(=O)(=O)N(C)C)c1. The number of rotatable bonds is 9. The maximum absolute atomic E-state index is 12.1. The summed E-state index contributed by atoms with van der Waals surface area (Å²) in [5.74, 6) is -0.250. The third-order valence-electron chi connectivity index (χ3n) is 3.71. The van der Waals surface area contributed by atoms with Crippen LogP contribution in [0.15, 0.2) is 29.2 Å². The Morgan fingerprint density at radius 1 is 1.17 bits per heavy atom. The Morgan fingerprint density at radius 3 is 2.39 bits per heavy atom. The van der Waals surface area contributed by atoms with E-state index in [4.69, 9.17) is 0 Å². The first-order valence-corrected chi connectivity index (χ1v) is 9.30. The van der Waals surface area contributed by atoms with Crippen LogP contribution in [0.2, 0.25) is 0 Å². The van der Waals surface area contributed by atoms with Crippen LogP contribution < -0.4 is 5.32 Å². The average molecular weight is 341 g/mol. The molecular formula is C16H27N3O3S. The largest absolute Gasteiger partial charge is 0.352 e. The van der Waals surface area contributed by atoms with Gasteiger partial charge in [-0.25, -0.2) is 12.7 Å². The molecule has 130 valence electrons. The van der Waals surface area contributed by atoms with Crippen molar-refractivity contribution in [3.63, 3.8) is 0 Å². The van der Waals surface area contributed by atoms with Gasteiger partial charge in [0.05, 0.1) is 4.90 Å². The van der Waals surface area contributed by atoms with Crippen molar-refractivity contribution in [3.05, 3.63) is 29.8 Å². The van der Waals surface area contributed by atoms with E-state index in [1.807, 2.05) is 0 Å². The molecule has 0 radical (unpaired) electrons. The number of nitrogens with one attached hydrogen (secondary N) is 1. The molecule has 23 heavy (non-hydrogen) atoms. The maximum atomic E-state index is 12.1. The average Bonchev–Trinajstić information content (AvgIpc) is 2.54. The van der Waals surface area contributed by atoms with Crippen molar-refractivity contribution in [2.24, 2.45) is 0 Å². The fourth-order valence-corrected chi connectivity index (χ4v) is 3.10. The van der Waals surface area contributed by atoms with Gasteiger partial charge in [-0.15, -0.1) is 0 Å². The second-order valence-corrected chi connectivity index (χ2v) is 7.60. The van der Waals surface area contributed by atoms with Crippen LogP contribution in [0.3, 0.4) is 0 Å². The van der Waals surface area contributed by atoms with Crippen molar-refractivity contribution < 1.29 is 13.2 Å². The van der Waals surface area contributed by atoms with Crippen LogP contribution >= 0.6 is 0 Å². The summed E-state index contributed by atoms with van der Waals surface area (Å²) in [7, 11) is -0.594. The number of benzene rings is 1.